The molecule has 6 heteroatoms. The van der Waals surface area contributed by atoms with E-state index >= 15 is 0 Å². The summed E-state index contributed by atoms with van der Waals surface area (Å²) in [5, 5.41) is 12.4. The molecule has 0 aliphatic heterocycles. The van der Waals surface area contributed by atoms with Crippen molar-refractivity contribution in [1.29, 1.82) is 0 Å². The van der Waals surface area contributed by atoms with E-state index in [-0.39, 0.29) is 0 Å². The first kappa shape index (κ1) is 14.0. The number of halogens is 1. The highest BCUT2D eigenvalue weighted by atomic mass is 79.9. The van der Waals surface area contributed by atoms with Crippen LogP contribution in [0, 0.1) is 6.92 Å². The van der Waals surface area contributed by atoms with Crippen LogP contribution in [0.2, 0.25) is 0 Å². The SMILES string of the molecule is CNC(C)c1ccc(Sc2nnc(C)s2)c(Br)c1. The van der Waals surface area contributed by atoms with Crippen LogP contribution in [0.4, 0.5) is 0 Å². The van der Waals surface area contributed by atoms with Crippen molar-refractivity contribution in [3.8, 4) is 0 Å². The number of nitrogens with zero attached hydrogens (tertiary/aromatic N) is 2. The fraction of sp³-hybridized carbons (Fsp3) is 0.333. The fourth-order valence-electron chi connectivity index (χ4n) is 1.45. The van der Waals surface area contributed by atoms with Gasteiger partial charge in [-0.25, -0.2) is 0 Å². The Balaban J connectivity index is 2.19. The lowest BCUT2D eigenvalue weighted by Crippen LogP contribution is -2.12. The van der Waals surface area contributed by atoms with Gasteiger partial charge in [-0.2, -0.15) is 0 Å². The summed E-state index contributed by atoms with van der Waals surface area (Å²) < 4.78 is 2.07. The topological polar surface area (TPSA) is 37.8 Å². The maximum Gasteiger partial charge on any atom is 0.179 e. The molecular formula is C12H14BrN3S2. The second-order valence-corrected chi connectivity index (χ2v) is 7.21. The van der Waals surface area contributed by atoms with E-state index in [0.717, 1.165) is 13.8 Å². The summed E-state index contributed by atoms with van der Waals surface area (Å²) in [7, 11) is 1.96. The predicted molar refractivity (Wildman–Crippen MR) is 80.4 cm³/mol. The van der Waals surface area contributed by atoms with Crippen molar-refractivity contribution < 1.29 is 0 Å². The van der Waals surface area contributed by atoms with Gasteiger partial charge in [0.2, 0.25) is 0 Å². The second-order valence-electron chi connectivity index (χ2n) is 3.89. The van der Waals surface area contributed by atoms with Gasteiger partial charge in [0.25, 0.3) is 0 Å². The Labute approximate surface area is 124 Å². The second kappa shape index (κ2) is 6.14. The Morgan fingerprint density at radius 2 is 2.17 bits per heavy atom. The lowest BCUT2D eigenvalue weighted by atomic mass is 10.1. The zero-order valence-electron chi connectivity index (χ0n) is 10.4. The van der Waals surface area contributed by atoms with E-state index in [1.807, 2.05) is 14.0 Å². The van der Waals surface area contributed by atoms with Gasteiger partial charge in [0, 0.05) is 15.4 Å². The smallest absolute Gasteiger partial charge is 0.179 e. The molecule has 1 unspecified atom stereocenters. The third-order valence-corrected chi connectivity index (χ3v) is 5.48. The quantitative estimate of drug-likeness (QED) is 0.908. The number of nitrogens with one attached hydrogen (secondary N) is 1. The number of aromatic nitrogens is 2. The molecule has 1 aromatic carbocycles. The molecule has 0 radical (unpaired) electrons. The Bertz CT molecular complexity index is 542. The minimum Gasteiger partial charge on any atom is -0.313 e. The molecule has 0 bridgehead atoms. The van der Waals surface area contributed by atoms with E-state index in [9.17, 15) is 0 Å². The van der Waals surface area contributed by atoms with Crippen LogP contribution < -0.4 is 5.32 Å². The molecule has 0 amide bonds. The molecule has 0 aliphatic carbocycles. The van der Waals surface area contributed by atoms with E-state index in [0.29, 0.717) is 6.04 Å². The normalized spacial score (nSPS) is 12.7. The molecule has 0 aliphatic rings. The summed E-state index contributed by atoms with van der Waals surface area (Å²) in [5.41, 5.74) is 1.27. The van der Waals surface area contributed by atoms with Crippen molar-refractivity contribution >= 4 is 39.0 Å². The van der Waals surface area contributed by atoms with Crippen LogP contribution in [0.5, 0.6) is 0 Å². The monoisotopic (exact) mass is 343 g/mol. The summed E-state index contributed by atoms with van der Waals surface area (Å²) in [4.78, 5) is 1.17. The molecule has 1 atom stereocenters. The van der Waals surface area contributed by atoms with Crippen LogP contribution in [0.25, 0.3) is 0 Å². The van der Waals surface area contributed by atoms with Crippen LogP contribution in [0.15, 0.2) is 31.9 Å². The standard InChI is InChI=1S/C12H14BrN3S2/c1-7(14-3)9-4-5-11(10(13)6-9)18-12-16-15-8(2)17-12/h4-7,14H,1-3H3. The summed E-state index contributed by atoms with van der Waals surface area (Å²) in [5.74, 6) is 0. The van der Waals surface area contributed by atoms with Crippen LogP contribution in [-0.2, 0) is 0 Å². The minimum atomic E-state index is 0.351. The molecule has 2 rings (SSSR count). The van der Waals surface area contributed by atoms with E-state index < -0.39 is 0 Å². The summed E-state index contributed by atoms with van der Waals surface area (Å²) in [6.07, 6.45) is 0. The van der Waals surface area contributed by atoms with Crippen LogP contribution in [0.3, 0.4) is 0 Å². The van der Waals surface area contributed by atoms with Gasteiger partial charge in [-0.3, -0.25) is 0 Å². The number of aryl methyl sites for hydroxylation is 1. The molecule has 1 N–H and O–H groups in total. The molecule has 0 saturated heterocycles. The van der Waals surface area contributed by atoms with Crippen LogP contribution in [-0.4, -0.2) is 17.2 Å². The molecule has 18 heavy (non-hydrogen) atoms. The molecule has 96 valence electrons. The van der Waals surface area contributed by atoms with Crippen molar-refractivity contribution in [1.82, 2.24) is 15.5 Å². The van der Waals surface area contributed by atoms with Gasteiger partial charge in [0.15, 0.2) is 4.34 Å². The van der Waals surface area contributed by atoms with Gasteiger partial charge in [-0.1, -0.05) is 29.2 Å². The van der Waals surface area contributed by atoms with Crippen molar-refractivity contribution in [2.75, 3.05) is 7.05 Å². The Morgan fingerprint density at radius 3 is 2.72 bits per heavy atom. The zero-order chi connectivity index (χ0) is 13.1. The maximum atomic E-state index is 4.12. The number of hydrogen-bond donors (Lipinski definition) is 1. The first-order valence-electron chi connectivity index (χ1n) is 5.55. The van der Waals surface area contributed by atoms with Crippen LogP contribution >= 0.6 is 39.0 Å². The zero-order valence-corrected chi connectivity index (χ0v) is 13.6. The van der Waals surface area contributed by atoms with Crippen molar-refractivity contribution in [3.63, 3.8) is 0 Å². The van der Waals surface area contributed by atoms with Crippen molar-refractivity contribution in [2.45, 2.75) is 29.1 Å². The summed E-state index contributed by atoms with van der Waals surface area (Å²) in [6.45, 7) is 4.11. The Morgan fingerprint density at radius 1 is 1.39 bits per heavy atom. The summed E-state index contributed by atoms with van der Waals surface area (Å²) >= 11 is 6.87. The van der Waals surface area contributed by atoms with E-state index in [1.54, 1.807) is 23.1 Å². The molecule has 0 fully saturated rings. The number of hydrogen-bond acceptors (Lipinski definition) is 5. The van der Waals surface area contributed by atoms with Crippen molar-refractivity contribution in [3.05, 3.63) is 33.2 Å². The Hall–Kier alpha value is -0.430. The third-order valence-electron chi connectivity index (χ3n) is 2.59. The van der Waals surface area contributed by atoms with Gasteiger partial charge >= 0.3 is 0 Å². The first-order valence-corrected chi connectivity index (χ1v) is 7.97. The van der Waals surface area contributed by atoms with Gasteiger partial charge < -0.3 is 5.32 Å². The highest BCUT2D eigenvalue weighted by Gasteiger charge is 2.09. The third kappa shape index (κ3) is 3.32. The van der Waals surface area contributed by atoms with E-state index in [2.05, 4.69) is 56.6 Å². The number of rotatable bonds is 4. The molecular weight excluding hydrogens is 330 g/mol. The van der Waals surface area contributed by atoms with Crippen molar-refractivity contribution in [2.24, 2.45) is 0 Å². The molecule has 1 heterocycles. The molecule has 1 aromatic heterocycles. The highest BCUT2D eigenvalue weighted by Crippen LogP contribution is 2.36. The highest BCUT2D eigenvalue weighted by molar-refractivity contribution is 9.10. The minimum absolute atomic E-state index is 0.351. The predicted octanol–water partition coefficient (Wildman–Crippen LogP) is 4.04. The van der Waals surface area contributed by atoms with E-state index in [4.69, 9.17) is 0 Å². The molecule has 3 nitrogen and oxygen atoms in total. The lowest BCUT2D eigenvalue weighted by molar-refractivity contribution is 0.651. The number of benzene rings is 1. The maximum absolute atomic E-state index is 4.12. The molecule has 0 spiro atoms. The average Bonchev–Trinajstić information content (AvgIpc) is 2.76. The van der Waals surface area contributed by atoms with E-state index in [1.165, 1.54) is 10.5 Å². The molecule has 2 aromatic rings. The van der Waals surface area contributed by atoms with Gasteiger partial charge in [0.05, 0.1) is 0 Å². The average molecular weight is 344 g/mol. The molecule has 0 saturated carbocycles. The van der Waals surface area contributed by atoms with Crippen LogP contribution in [0.1, 0.15) is 23.5 Å². The first-order chi connectivity index (χ1) is 8.60. The largest absolute Gasteiger partial charge is 0.313 e. The van der Waals surface area contributed by atoms with Gasteiger partial charge in [-0.15, -0.1) is 10.2 Å². The van der Waals surface area contributed by atoms with Gasteiger partial charge in [-0.05, 0) is 54.5 Å². The van der Waals surface area contributed by atoms with Gasteiger partial charge in [0.1, 0.15) is 5.01 Å². The lowest BCUT2D eigenvalue weighted by Gasteiger charge is -2.12. The Kier molecular flexibility index (Phi) is 4.77. The fourth-order valence-corrected chi connectivity index (χ4v) is 3.87. The summed E-state index contributed by atoms with van der Waals surface area (Å²) in [6, 6.07) is 6.76.